The number of hydrogen-bond acceptors (Lipinski definition) is 3. The van der Waals surface area contributed by atoms with Gasteiger partial charge in [-0.3, -0.25) is 4.79 Å². The van der Waals surface area contributed by atoms with Crippen molar-refractivity contribution in [3.05, 3.63) is 0 Å². The molecule has 1 aliphatic rings. The normalized spacial score (nSPS) is 24.1. The van der Waals surface area contributed by atoms with Crippen molar-refractivity contribution >= 4 is 12.4 Å². The van der Waals surface area contributed by atoms with E-state index in [1.54, 1.807) is 0 Å². The van der Waals surface area contributed by atoms with Gasteiger partial charge in [-0.1, -0.05) is 0 Å². The molecule has 1 amide bonds. The van der Waals surface area contributed by atoms with Crippen LogP contribution in [0.3, 0.4) is 0 Å². The fraction of sp³-hybridized carbons (Fsp3) is 0.714. The SMILES string of the molecule is CC(C)N1C[C@H](C=O)OC1=O. The van der Waals surface area contributed by atoms with Crippen LogP contribution in [-0.2, 0) is 9.53 Å². The van der Waals surface area contributed by atoms with Crippen LogP contribution in [0.5, 0.6) is 0 Å². The number of carbonyl (C=O) groups is 2. The Labute approximate surface area is 65.1 Å². The van der Waals surface area contributed by atoms with E-state index in [0.29, 0.717) is 12.8 Å². The van der Waals surface area contributed by atoms with Crippen molar-refractivity contribution in [2.75, 3.05) is 6.54 Å². The second kappa shape index (κ2) is 2.90. The van der Waals surface area contributed by atoms with Crippen LogP contribution < -0.4 is 0 Å². The molecule has 0 unspecified atom stereocenters. The fourth-order valence-electron chi connectivity index (χ4n) is 0.995. The van der Waals surface area contributed by atoms with Gasteiger partial charge in [-0.15, -0.1) is 0 Å². The average molecular weight is 157 g/mol. The summed E-state index contributed by atoms with van der Waals surface area (Å²) in [6.45, 7) is 4.16. The van der Waals surface area contributed by atoms with Gasteiger partial charge in [0, 0.05) is 6.04 Å². The summed E-state index contributed by atoms with van der Waals surface area (Å²) < 4.78 is 4.70. The molecular weight excluding hydrogens is 146 g/mol. The third-order valence-corrected chi connectivity index (χ3v) is 1.64. The molecule has 0 aromatic carbocycles. The van der Waals surface area contributed by atoms with E-state index < -0.39 is 12.2 Å². The molecule has 0 aromatic rings. The Morgan fingerprint density at radius 3 is 2.64 bits per heavy atom. The average Bonchev–Trinajstić information content (AvgIpc) is 2.30. The van der Waals surface area contributed by atoms with E-state index >= 15 is 0 Å². The molecule has 0 aromatic heterocycles. The first-order chi connectivity index (χ1) is 5.15. The van der Waals surface area contributed by atoms with Crippen molar-refractivity contribution < 1.29 is 14.3 Å². The van der Waals surface area contributed by atoms with Crippen molar-refractivity contribution in [1.29, 1.82) is 0 Å². The summed E-state index contributed by atoms with van der Waals surface area (Å²) in [5.74, 6) is 0. The van der Waals surface area contributed by atoms with Crippen LogP contribution in [0.1, 0.15) is 13.8 Å². The van der Waals surface area contributed by atoms with Gasteiger partial charge in [0.1, 0.15) is 0 Å². The predicted octanol–water partition coefficient (Wildman–Crippen LogP) is 0.415. The minimum Gasteiger partial charge on any atom is -0.436 e. The summed E-state index contributed by atoms with van der Waals surface area (Å²) in [5.41, 5.74) is 0. The summed E-state index contributed by atoms with van der Waals surface area (Å²) in [6.07, 6.45) is -0.303. The zero-order valence-corrected chi connectivity index (χ0v) is 6.61. The van der Waals surface area contributed by atoms with Crippen LogP contribution in [-0.4, -0.2) is 36.0 Å². The van der Waals surface area contributed by atoms with Crippen LogP contribution in [0.4, 0.5) is 4.79 Å². The lowest BCUT2D eigenvalue weighted by molar-refractivity contribution is -0.113. The summed E-state index contributed by atoms with van der Waals surface area (Å²) in [4.78, 5) is 22.7. The molecule has 0 saturated carbocycles. The maximum atomic E-state index is 10.9. The molecule has 4 heteroatoms. The molecule has 1 aliphatic heterocycles. The predicted molar refractivity (Wildman–Crippen MR) is 38.2 cm³/mol. The first-order valence-electron chi connectivity index (χ1n) is 3.57. The minimum atomic E-state index is -0.565. The van der Waals surface area contributed by atoms with Crippen LogP contribution in [0.15, 0.2) is 0 Å². The third kappa shape index (κ3) is 1.50. The molecule has 1 saturated heterocycles. The Kier molecular flexibility index (Phi) is 2.12. The Bertz CT molecular complexity index is 179. The summed E-state index contributed by atoms with van der Waals surface area (Å²) in [5, 5.41) is 0. The maximum Gasteiger partial charge on any atom is 0.410 e. The second-order valence-corrected chi connectivity index (χ2v) is 2.80. The zero-order valence-electron chi connectivity index (χ0n) is 6.61. The third-order valence-electron chi connectivity index (χ3n) is 1.64. The topological polar surface area (TPSA) is 46.6 Å². The number of aldehydes is 1. The highest BCUT2D eigenvalue weighted by Crippen LogP contribution is 2.12. The van der Waals surface area contributed by atoms with Crippen LogP contribution in [0.2, 0.25) is 0 Å². The van der Waals surface area contributed by atoms with Crippen molar-refractivity contribution in [3.63, 3.8) is 0 Å². The highest BCUT2D eigenvalue weighted by atomic mass is 16.6. The van der Waals surface area contributed by atoms with Crippen LogP contribution in [0, 0.1) is 0 Å². The van der Waals surface area contributed by atoms with Gasteiger partial charge in [0.05, 0.1) is 6.54 Å². The van der Waals surface area contributed by atoms with Gasteiger partial charge in [-0.05, 0) is 13.8 Å². The molecule has 1 atom stereocenters. The van der Waals surface area contributed by atoms with E-state index in [9.17, 15) is 9.59 Å². The lowest BCUT2D eigenvalue weighted by atomic mass is 10.3. The van der Waals surface area contributed by atoms with E-state index in [4.69, 9.17) is 4.74 Å². The number of ether oxygens (including phenoxy) is 1. The highest BCUT2D eigenvalue weighted by Gasteiger charge is 2.32. The first kappa shape index (κ1) is 8.04. The molecule has 0 spiro atoms. The summed E-state index contributed by atoms with van der Waals surface area (Å²) in [7, 11) is 0. The van der Waals surface area contributed by atoms with Crippen LogP contribution in [0.25, 0.3) is 0 Å². The van der Waals surface area contributed by atoms with Gasteiger partial charge in [0.15, 0.2) is 12.4 Å². The maximum absolute atomic E-state index is 10.9. The molecule has 1 heterocycles. The number of amides is 1. The molecule has 4 nitrogen and oxygen atoms in total. The number of carbonyl (C=O) groups excluding carboxylic acids is 2. The molecular formula is C7H11NO3. The first-order valence-corrected chi connectivity index (χ1v) is 3.57. The molecule has 1 fully saturated rings. The Hall–Kier alpha value is -1.06. The minimum absolute atomic E-state index is 0.104. The lowest BCUT2D eigenvalue weighted by Gasteiger charge is -2.16. The van der Waals surface area contributed by atoms with Crippen molar-refractivity contribution in [3.8, 4) is 0 Å². The number of cyclic esters (lactones) is 1. The van der Waals surface area contributed by atoms with E-state index in [1.165, 1.54) is 4.90 Å². The molecule has 11 heavy (non-hydrogen) atoms. The Balaban J connectivity index is 2.58. The molecule has 0 N–H and O–H groups in total. The molecule has 0 bridgehead atoms. The zero-order chi connectivity index (χ0) is 8.43. The van der Waals surface area contributed by atoms with Gasteiger partial charge in [-0.25, -0.2) is 4.79 Å². The van der Waals surface area contributed by atoms with Gasteiger partial charge >= 0.3 is 6.09 Å². The van der Waals surface area contributed by atoms with Gasteiger partial charge in [0.25, 0.3) is 0 Å². The van der Waals surface area contributed by atoms with Crippen molar-refractivity contribution in [1.82, 2.24) is 4.90 Å². The number of nitrogens with zero attached hydrogens (tertiary/aromatic N) is 1. The Morgan fingerprint density at radius 2 is 2.36 bits per heavy atom. The smallest absolute Gasteiger partial charge is 0.410 e. The van der Waals surface area contributed by atoms with E-state index in [2.05, 4.69) is 0 Å². The summed E-state index contributed by atoms with van der Waals surface area (Å²) >= 11 is 0. The molecule has 62 valence electrons. The largest absolute Gasteiger partial charge is 0.436 e. The Morgan fingerprint density at radius 1 is 1.73 bits per heavy atom. The standard InChI is InChI=1S/C7H11NO3/c1-5(2)8-3-6(4-9)11-7(8)10/h4-6H,3H2,1-2H3/t6-/m1/s1. The molecule has 1 rings (SSSR count). The van der Waals surface area contributed by atoms with Crippen molar-refractivity contribution in [2.24, 2.45) is 0 Å². The van der Waals surface area contributed by atoms with Gasteiger partial charge in [-0.2, -0.15) is 0 Å². The van der Waals surface area contributed by atoms with Gasteiger partial charge in [0.2, 0.25) is 0 Å². The number of rotatable bonds is 2. The molecule has 0 aliphatic carbocycles. The van der Waals surface area contributed by atoms with E-state index in [0.717, 1.165) is 0 Å². The second-order valence-electron chi connectivity index (χ2n) is 2.80. The molecule has 0 radical (unpaired) electrons. The quantitative estimate of drug-likeness (QED) is 0.545. The van der Waals surface area contributed by atoms with Crippen LogP contribution >= 0.6 is 0 Å². The van der Waals surface area contributed by atoms with Crippen molar-refractivity contribution in [2.45, 2.75) is 26.0 Å². The fourth-order valence-corrected chi connectivity index (χ4v) is 0.995. The monoisotopic (exact) mass is 157 g/mol. The lowest BCUT2D eigenvalue weighted by Crippen LogP contribution is -2.32. The number of hydrogen-bond donors (Lipinski definition) is 0. The highest BCUT2D eigenvalue weighted by molar-refractivity contribution is 5.75. The summed E-state index contributed by atoms with van der Waals surface area (Å²) in [6, 6.07) is 0.104. The van der Waals surface area contributed by atoms with E-state index in [1.807, 2.05) is 13.8 Å². The van der Waals surface area contributed by atoms with Gasteiger partial charge < -0.3 is 9.64 Å². The van der Waals surface area contributed by atoms with E-state index in [-0.39, 0.29) is 6.04 Å².